The maximum absolute atomic E-state index is 10.6. The van der Waals surface area contributed by atoms with Crippen molar-refractivity contribution in [3.63, 3.8) is 0 Å². The van der Waals surface area contributed by atoms with E-state index in [1.165, 1.54) is 0 Å². The van der Waals surface area contributed by atoms with Gasteiger partial charge in [-0.15, -0.1) is 0 Å². The summed E-state index contributed by atoms with van der Waals surface area (Å²) in [5.74, 6) is 0.838. The third-order valence-electron chi connectivity index (χ3n) is 4.87. The molecule has 0 heterocycles. The normalized spacial score (nSPS) is 12.3. The Morgan fingerprint density at radius 3 is 2.36 bits per heavy atom. The Kier molecular flexibility index (Phi) is 12.1. The number of benzene rings is 1. The number of carboxylic acid groups (broad SMARTS) is 1. The third-order valence-corrected chi connectivity index (χ3v) is 4.87. The van der Waals surface area contributed by atoms with Gasteiger partial charge in [-0.2, -0.15) is 0 Å². The van der Waals surface area contributed by atoms with E-state index in [-0.39, 0.29) is 6.42 Å². The van der Waals surface area contributed by atoms with Gasteiger partial charge in [-0.05, 0) is 37.8 Å². The number of aliphatic carboxylic acids is 1. The Morgan fingerprint density at radius 1 is 1.04 bits per heavy atom. The number of carbonyl (C=O) groups is 1. The summed E-state index contributed by atoms with van der Waals surface area (Å²) < 4.78 is 11.1. The molecular weight excluding hydrogens is 356 g/mol. The van der Waals surface area contributed by atoms with Gasteiger partial charge < -0.3 is 19.7 Å². The molecule has 1 unspecified atom stereocenters. The van der Waals surface area contributed by atoms with Gasteiger partial charge in [0.05, 0.1) is 20.3 Å². The maximum Gasteiger partial charge on any atom is 0.303 e. The van der Waals surface area contributed by atoms with Gasteiger partial charge in [0.2, 0.25) is 0 Å². The molecule has 5 nitrogen and oxygen atoms in total. The van der Waals surface area contributed by atoms with Crippen LogP contribution in [0.4, 0.5) is 0 Å². The van der Waals surface area contributed by atoms with Crippen molar-refractivity contribution in [3.8, 4) is 11.5 Å². The number of ether oxygens (including phenoxy) is 2. The van der Waals surface area contributed by atoms with Crippen LogP contribution in [0.15, 0.2) is 18.2 Å². The van der Waals surface area contributed by atoms with E-state index in [0.717, 1.165) is 74.0 Å². The van der Waals surface area contributed by atoms with Gasteiger partial charge in [-0.1, -0.05) is 51.2 Å². The molecular formula is C23H36O5. The fourth-order valence-corrected chi connectivity index (χ4v) is 3.27. The number of methoxy groups -OCH3 is 2. The lowest BCUT2D eigenvalue weighted by Crippen LogP contribution is -2.03. The van der Waals surface area contributed by atoms with E-state index in [9.17, 15) is 9.90 Å². The number of aliphatic hydroxyl groups excluding tert-OH is 1. The molecule has 2 N–H and O–H groups in total. The van der Waals surface area contributed by atoms with E-state index in [1.807, 2.05) is 24.3 Å². The topological polar surface area (TPSA) is 76.0 Å². The molecule has 0 aliphatic rings. The van der Waals surface area contributed by atoms with Crippen LogP contribution < -0.4 is 9.47 Å². The van der Waals surface area contributed by atoms with Gasteiger partial charge >= 0.3 is 5.97 Å². The summed E-state index contributed by atoms with van der Waals surface area (Å²) in [5.41, 5.74) is 2.01. The summed E-state index contributed by atoms with van der Waals surface area (Å²) in [5, 5.41) is 19.0. The Labute approximate surface area is 169 Å². The molecule has 0 radical (unpaired) electrons. The lowest BCUT2D eigenvalue weighted by Gasteiger charge is -2.16. The van der Waals surface area contributed by atoms with Crippen LogP contribution in [0.3, 0.4) is 0 Å². The quantitative estimate of drug-likeness (QED) is 0.399. The number of carboxylic acids is 1. The molecule has 1 atom stereocenters. The fraction of sp³-hybridized carbons (Fsp3) is 0.609. The molecule has 5 heteroatoms. The van der Waals surface area contributed by atoms with Gasteiger partial charge in [0.25, 0.3) is 0 Å². The van der Waals surface area contributed by atoms with Crippen molar-refractivity contribution in [3.05, 3.63) is 29.3 Å². The second-order valence-corrected chi connectivity index (χ2v) is 7.09. The monoisotopic (exact) mass is 392 g/mol. The first-order valence-corrected chi connectivity index (χ1v) is 10.3. The van der Waals surface area contributed by atoms with Crippen molar-refractivity contribution >= 4 is 12.0 Å². The molecule has 1 aromatic carbocycles. The highest BCUT2D eigenvalue weighted by Gasteiger charge is 2.13. The Morgan fingerprint density at radius 2 is 1.71 bits per heavy atom. The van der Waals surface area contributed by atoms with Gasteiger partial charge in [0, 0.05) is 17.5 Å². The minimum atomic E-state index is -0.737. The average molecular weight is 393 g/mol. The molecule has 1 rings (SSSR count). The molecule has 158 valence electrons. The Balaban J connectivity index is 2.83. The molecule has 1 aromatic rings. The molecule has 0 bridgehead atoms. The largest absolute Gasteiger partial charge is 0.496 e. The van der Waals surface area contributed by atoms with E-state index >= 15 is 0 Å². The van der Waals surface area contributed by atoms with E-state index in [2.05, 4.69) is 6.92 Å². The highest BCUT2D eigenvalue weighted by molar-refractivity contribution is 5.66. The first kappa shape index (κ1) is 24.0. The molecule has 0 aromatic heterocycles. The molecule has 0 saturated carbocycles. The van der Waals surface area contributed by atoms with E-state index in [0.29, 0.717) is 6.42 Å². The van der Waals surface area contributed by atoms with Gasteiger partial charge in [-0.3, -0.25) is 4.79 Å². The minimum Gasteiger partial charge on any atom is -0.496 e. The highest BCUT2D eigenvalue weighted by Crippen LogP contribution is 2.33. The highest BCUT2D eigenvalue weighted by atomic mass is 16.5. The van der Waals surface area contributed by atoms with Crippen molar-refractivity contribution < 1.29 is 24.5 Å². The van der Waals surface area contributed by atoms with Crippen LogP contribution in [0, 0.1) is 0 Å². The Bertz CT molecular complexity index is 609. The maximum atomic E-state index is 10.6. The lowest BCUT2D eigenvalue weighted by molar-refractivity contribution is -0.137. The second-order valence-electron chi connectivity index (χ2n) is 7.09. The number of aliphatic hydroxyl groups is 1. The van der Waals surface area contributed by atoms with Crippen LogP contribution in [0.1, 0.15) is 75.8 Å². The van der Waals surface area contributed by atoms with Crippen LogP contribution in [0.5, 0.6) is 11.5 Å². The van der Waals surface area contributed by atoms with E-state index < -0.39 is 12.1 Å². The van der Waals surface area contributed by atoms with Crippen molar-refractivity contribution in [2.24, 2.45) is 0 Å². The SMILES string of the molecule is CCCCCC(O)C=Cc1c(OC)ccc(OC)c1CCCCCCC(=O)O. The minimum absolute atomic E-state index is 0.229. The van der Waals surface area contributed by atoms with Crippen LogP contribution in [0.25, 0.3) is 6.08 Å². The summed E-state index contributed by atoms with van der Waals surface area (Å²) in [6.45, 7) is 2.15. The fourth-order valence-electron chi connectivity index (χ4n) is 3.27. The number of hydrogen-bond donors (Lipinski definition) is 2. The first-order valence-electron chi connectivity index (χ1n) is 10.3. The van der Waals surface area contributed by atoms with Gasteiger partial charge in [0.15, 0.2) is 0 Å². The molecule has 0 amide bonds. The lowest BCUT2D eigenvalue weighted by atomic mass is 9.97. The average Bonchev–Trinajstić information content (AvgIpc) is 2.68. The standard InChI is InChI=1S/C23H36O5/c1-4-5-8-11-18(24)14-15-20-19(12-9-6-7-10-13-23(25)26)21(27-2)16-17-22(20)28-3/h14-18,24H,4-13H2,1-3H3,(H,25,26). The van der Waals surface area contributed by atoms with Gasteiger partial charge in [-0.25, -0.2) is 0 Å². The van der Waals surface area contributed by atoms with E-state index in [4.69, 9.17) is 14.6 Å². The predicted molar refractivity (Wildman–Crippen MR) is 113 cm³/mol. The van der Waals surface area contributed by atoms with Gasteiger partial charge in [0.1, 0.15) is 11.5 Å². The number of rotatable bonds is 15. The van der Waals surface area contributed by atoms with Crippen molar-refractivity contribution in [2.45, 2.75) is 77.2 Å². The number of hydrogen-bond acceptors (Lipinski definition) is 4. The van der Waals surface area contributed by atoms with Crippen molar-refractivity contribution in [1.29, 1.82) is 0 Å². The smallest absolute Gasteiger partial charge is 0.303 e. The van der Waals surface area contributed by atoms with Crippen LogP contribution in [-0.2, 0) is 11.2 Å². The van der Waals surface area contributed by atoms with Crippen LogP contribution in [-0.4, -0.2) is 36.5 Å². The molecule has 0 spiro atoms. The summed E-state index contributed by atoms with van der Waals surface area (Å²) in [6.07, 6.45) is 11.9. The summed E-state index contributed by atoms with van der Waals surface area (Å²) in [4.78, 5) is 10.6. The Hall–Kier alpha value is -2.01. The summed E-state index contributed by atoms with van der Waals surface area (Å²) in [6, 6.07) is 3.80. The molecule has 28 heavy (non-hydrogen) atoms. The number of unbranched alkanes of at least 4 members (excludes halogenated alkanes) is 5. The molecule has 0 aliphatic carbocycles. The first-order chi connectivity index (χ1) is 13.5. The summed E-state index contributed by atoms with van der Waals surface area (Å²) in [7, 11) is 3.30. The third kappa shape index (κ3) is 8.79. The molecule has 0 saturated heterocycles. The molecule has 0 aliphatic heterocycles. The summed E-state index contributed by atoms with van der Waals surface area (Å²) >= 11 is 0. The zero-order chi connectivity index (χ0) is 20.8. The van der Waals surface area contributed by atoms with Crippen molar-refractivity contribution in [2.75, 3.05) is 14.2 Å². The van der Waals surface area contributed by atoms with Crippen LogP contribution >= 0.6 is 0 Å². The zero-order valence-electron chi connectivity index (χ0n) is 17.6. The predicted octanol–water partition coefficient (Wildman–Crippen LogP) is 5.24. The van der Waals surface area contributed by atoms with Crippen molar-refractivity contribution in [1.82, 2.24) is 0 Å². The second kappa shape index (κ2) is 14.1. The van der Waals surface area contributed by atoms with Crippen LogP contribution in [0.2, 0.25) is 0 Å². The molecule has 0 fully saturated rings. The zero-order valence-corrected chi connectivity index (χ0v) is 17.6. The van der Waals surface area contributed by atoms with E-state index in [1.54, 1.807) is 14.2 Å².